The number of benzene rings is 2. The molecule has 0 aliphatic heterocycles. The Balaban J connectivity index is 1.69. The molecule has 0 amide bonds. The van der Waals surface area contributed by atoms with Crippen LogP contribution in [0.3, 0.4) is 0 Å². The van der Waals surface area contributed by atoms with Crippen LogP contribution in [0.25, 0.3) is 16.8 Å². The molecule has 0 fully saturated rings. The van der Waals surface area contributed by atoms with Gasteiger partial charge in [0, 0.05) is 29.8 Å². The molecule has 0 saturated heterocycles. The molecule has 0 aliphatic rings. The van der Waals surface area contributed by atoms with Gasteiger partial charge in [0.1, 0.15) is 5.82 Å². The van der Waals surface area contributed by atoms with Crippen molar-refractivity contribution in [2.75, 3.05) is 11.9 Å². The van der Waals surface area contributed by atoms with Gasteiger partial charge in [0.15, 0.2) is 5.65 Å². The predicted octanol–water partition coefficient (Wildman–Crippen LogP) is 7.38. The lowest BCUT2D eigenvalue weighted by Crippen LogP contribution is -2.13. The molecule has 0 aliphatic carbocycles. The van der Waals surface area contributed by atoms with Crippen molar-refractivity contribution in [1.82, 2.24) is 14.6 Å². The van der Waals surface area contributed by atoms with Gasteiger partial charge in [-0.2, -0.15) is 9.61 Å². The molecule has 0 atom stereocenters. The van der Waals surface area contributed by atoms with Gasteiger partial charge in [0.2, 0.25) is 0 Å². The van der Waals surface area contributed by atoms with Crippen LogP contribution in [-0.4, -0.2) is 21.1 Å². The monoisotopic (exact) mass is 440 g/mol. The number of aryl methyl sites for hydroxylation is 2. The summed E-state index contributed by atoms with van der Waals surface area (Å²) in [5, 5.41) is 8.72. The van der Waals surface area contributed by atoms with E-state index in [1.807, 2.05) is 4.52 Å². The maximum atomic E-state index is 5.07. The molecule has 2 heterocycles. The highest BCUT2D eigenvalue weighted by molar-refractivity contribution is 5.81. The Bertz CT molecular complexity index is 1160. The first kappa shape index (κ1) is 23.0. The summed E-state index contributed by atoms with van der Waals surface area (Å²) in [7, 11) is 0. The summed E-state index contributed by atoms with van der Waals surface area (Å²) >= 11 is 0. The van der Waals surface area contributed by atoms with Crippen LogP contribution in [0.4, 0.5) is 5.82 Å². The molecule has 172 valence electrons. The van der Waals surface area contributed by atoms with Crippen molar-refractivity contribution in [2.24, 2.45) is 0 Å². The molecule has 0 spiro atoms. The second kappa shape index (κ2) is 11.1. The fourth-order valence-electron chi connectivity index (χ4n) is 4.55. The van der Waals surface area contributed by atoms with Crippen LogP contribution in [0.1, 0.15) is 68.0 Å². The van der Waals surface area contributed by atoms with E-state index in [2.05, 4.69) is 86.8 Å². The van der Waals surface area contributed by atoms with E-state index in [-0.39, 0.29) is 0 Å². The number of hydrogen-bond acceptors (Lipinski definition) is 3. The second-order valence-electron chi connectivity index (χ2n) is 8.94. The van der Waals surface area contributed by atoms with Crippen molar-refractivity contribution >= 4 is 11.5 Å². The van der Waals surface area contributed by atoms with E-state index in [9.17, 15) is 0 Å². The van der Waals surface area contributed by atoms with Crippen molar-refractivity contribution in [3.05, 3.63) is 83.2 Å². The molecule has 4 rings (SSSR count). The third-order valence-electron chi connectivity index (χ3n) is 6.35. The molecular weight excluding hydrogens is 404 g/mol. The summed E-state index contributed by atoms with van der Waals surface area (Å²) in [6.45, 7) is 7.43. The largest absolute Gasteiger partial charge is 0.370 e. The van der Waals surface area contributed by atoms with Crippen LogP contribution < -0.4 is 5.32 Å². The Morgan fingerprint density at radius 2 is 1.45 bits per heavy atom. The van der Waals surface area contributed by atoms with E-state index in [1.54, 1.807) is 0 Å². The molecule has 2 aromatic carbocycles. The number of rotatable bonds is 11. The summed E-state index contributed by atoms with van der Waals surface area (Å²) in [4.78, 5) is 5.07. The number of nitrogens with one attached hydrogen (secondary N) is 1. The summed E-state index contributed by atoms with van der Waals surface area (Å²) < 4.78 is 2.04. The molecule has 0 radical (unpaired) electrons. The molecule has 2 aromatic heterocycles. The minimum absolute atomic E-state index is 0.841. The fraction of sp³-hybridized carbons (Fsp3) is 0.379. The van der Waals surface area contributed by atoms with Crippen LogP contribution in [-0.2, 0) is 6.42 Å². The number of fused-ring (bicyclic) bond motifs is 1. The standard InChI is InChI=1S/C29H36N4/c1-4-5-6-7-8-15-20-30-28-26(21-24-16-11-9-12-17-24)22(2)31-29-27(23(3)32-33(28)29)25-18-13-10-14-19-25/h9-14,16-19,30H,4-8,15,20-21H2,1-3H3. The van der Waals surface area contributed by atoms with Crippen LogP contribution in [0, 0.1) is 13.8 Å². The van der Waals surface area contributed by atoms with Gasteiger partial charge in [-0.3, -0.25) is 0 Å². The maximum Gasteiger partial charge on any atom is 0.165 e. The highest BCUT2D eigenvalue weighted by atomic mass is 15.3. The van der Waals surface area contributed by atoms with Crippen LogP contribution in [0.15, 0.2) is 60.7 Å². The first-order valence-corrected chi connectivity index (χ1v) is 12.4. The first-order chi connectivity index (χ1) is 16.2. The van der Waals surface area contributed by atoms with Gasteiger partial charge in [-0.05, 0) is 31.4 Å². The van der Waals surface area contributed by atoms with E-state index < -0.39 is 0 Å². The highest BCUT2D eigenvalue weighted by Gasteiger charge is 2.20. The second-order valence-corrected chi connectivity index (χ2v) is 8.94. The topological polar surface area (TPSA) is 42.2 Å². The molecular formula is C29H36N4. The zero-order chi connectivity index (χ0) is 23.0. The number of unbranched alkanes of at least 4 members (excludes halogenated alkanes) is 5. The summed E-state index contributed by atoms with van der Waals surface area (Å²) in [6, 6.07) is 21.1. The fourth-order valence-corrected chi connectivity index (χ4v) is 4.55. The number of nitrogens with zero attached hydrogens (tertiary/aromatic N) is 3. The minimum Gasteiger partial charge on any atom is -0.370 e. The zero-order valence-electron chi connectivity index (χ0n) is 20.3. The van der Waals surface area contributed by atoms with Gasteiger partial charge in [0.05, 0.1) is 5.69 Å². The molecule has 0 bridgehead atoms. The summed E-state index contributed by atoms with van der Waals surface area (Å²) in [5.41, 5.74) is 7.79. The van der Waals surface area contributed by atoms with Gasteiger partial charge < -0.3 is 5.32 Å². The number of anilines is 1. The van der Waals surface area contributed by atoms with E-state index in [0.29, 0.717) is 0 Å². The Morgan fingerprint density at radius 3 is 2.18 bits per heavy atom. The smallest absolute Gasteiger partial charge is 0.165 e. The van der Waals surface area contributed by atoms with E-state index in [1.165, 1.54) is 49.7 Å². The quantitative estimate of drug-likeness (QED) is 0.247. The van der Waals surface area contributed by atoms with Crippen molar-refractivity contribution in [3.8, 4) is 11.1 Å². The Kier molecular flexibility index (Phi) is 7.77. The average Bonchev–Trinajstić information content (AvgIpc) is 3.16. The van der Waals surface area contributed by atoms with Crippen LogP contribution in [0.5, 0.6) is 0 Å². The lowest BCUT2D eigenvalue weighted by Gasteiger charge is -2.16. The molecule has 4 heteroatoms. The molecule has 0 unspecified atom stereocenters. The van der Waals surface area contributed by atoms with Crippen molar-refractivity contribution in [1.29, 1.82) is 0 Å². The van der Waals surface area contributed by atoms with Crippen molar-refractivity contribution in [3.63, 3.8) is 0 Å². The van der Waals surface area contributed by atoms with E-state index >= 15 is 0 Å². The van der Waals surface area contributed by atoms with E-state index in [0.717, 1.165) is 46.9 Å². The lowest BCUT2D eigenvalue weighted by molar-refractivity contribution is 0.616. The van der Waals surface area contributed by atoms with Gasteiger partial charge in [-0.25, -0.2) is 4.98 Å². The maximum absolute atomic E-state index is 5.07. The predicted molar refractivity (Wildman–Crippen MR) is 139 cm³/mol. The van der Waals surface area contributed by atoms with Gasteiger partial charge in [0.25, 0.3) is 0 Å². The van der Waals surface area contributed by atoms with Gasteiger partial charge in [-0.1, -0.05) is 99.7 Å². The SMILES string of the molecule is CCCCCCCCNc1c(Cc2ccccc2)c(C)nc2c(-c3ccccc3)c(C)nn12. The Hall–Kier alpha value is -3.14. The first-order valence-electron chi connectivity index (χ1n) is 12.4. The van der Waals surface area contributed by atoms with Crippen molar-refractivity contribution in [2.45, 2.75) is 65.7 Å². The average molecular weight is 441 g/mol. The van der Waals surface area contributed by atoms with Gasteiger partial charge >= 0.3 is 0 Å². The third-order valence-corrected chi connectivity index (χ3v) is 6.35. The van der Waals surface area contributed by atoms with Crippen LogP contribution >= 0.6 is 0 Å². The highest BCUT2D eigenvalue weighted by Crippen LogP contribution is 2.32. The summed E-state index contributed by atoms with van der Waals surface area (Å²) in [6.07, 6.45) is 8.56. The molecule has 4 nitrogen and oxygen atoms in total. The summed E-state index contributed by atoms with van der Waals surface area (Å²) in [5.74, 6) is 1.08. The van der Waals surface area contributed by atoms with Crippen LogP contribution in [0.2, 0.25) is 0 Å². The molecule has 33 heavy (non-hydrogen) atoms. The molecule has 4 aromatic rings. The minimum atomic E-state index is 0.841. The van der Waals surface area contributed by atoms with Crippen molar-refractivity contribution < 1.29 is 0 Å². The number of aromatic nitrogens is 3. The molecule has 1 N–H and O–H groups in total. The lowest BCUT2D eigenvalue weighted by atomic mass is 10.0. The zero-order valence-corrected chi connectivity index (χ0v) is 20.3. The van der Waals surface area contributed by atoms with E-state index in [4.69, 9.17) is 10.1 Å². The number of hydrogen-bond donors (Lipinski definition) is 1. The normalized spacial score (nSPS) is 11.2. The van der Waals surface area contributed by atoms with Gasteiger partial charge in [-0.15, -0.1) is 0 Å². The Labute approximate surface area is 198 Å². The Morgan fingerprint density at radius 1 is 0.788 bits per heavy atom. The molecule has 0 saturated carbocycles. The third kappa shape index (κ3) is 5.44.